The summed E-state index contributed by atoms with van der Waals surface area (Å²) in [6.07, 6.45) is 0. The summed E-state index contributed by atoms with van der Waals surface area (Å²) >= 11 is 1.67. The van der Waals surface area contributed by atoms with Gasteiger partial charge < -0.3 is 11.1 Å². The third-order valence-corrected chi connectivity index (χ3v) is 6.23. The molecule has 0 bridgehead atoms. The molecule has 3 nitrogen and oxygen atoms in total. The van der Waals surface area contributed by atoms with Crippen molar-refractivity contribution in [2.24, 2.45) is 5.73 Å². The van der Waals surface area contributed by atoms with Gasteiger partial charge in [-0.15, -0.1) is 11.3 Å². The van der Waals surface area contributed by atoms with Crippen LogP contribution in [0.15, 0.2) is 48.4 Å². The van der Waals surface area contributed by atoms with E-state index in [4.69, 9.17) is 5.73 Å². The molecule has 0 saturated heterocycles. The van der Waals surface area contributed by atoms with Gasteiger partial charge >= 0.3 is 0 Å². The molecule has 2 aromatic carbocycles. The number of hydrogen-bond acceptors (Lipinski definition) is 4. The average molecular weight is 372 g/mol. The molecule has 0 radical (unpaired) electrons. The van der Waals surface area contributed by atoms with Crippen molar-refractivity contribution >= 4 is 22.7 Å². The summed E-state index contributed by atoms with van der Waals surface area (Å²) in [5, 5.41) is 15.4. The van der Waals surface area contributed by atoms with E-state index in [1.54, 1.807) is 11.3 Å². The van der Waals surface area contributed by atoms with Crippen LogP contribution in [-0.2, 0) is 0 Å². The summed E-state index contributed by atoms with van der Waals surface area (Å²) in [6, 6.07) is 14.9. The molecule has 27 heavy (non-hydrogen) atoms. The molecule has 0 spiro atoms. The van der Waals surface area contributed by atoms with Crippen LogP contribution < -0.4 is 11.1 Å². The van der Waals surface area contributed by atoms with Gasteiger partial charge in [0.15, 0.2) is 0 Å². The molecule has 0 saturated carbocycles. The Labute approximate surface area is 163 Å². The van der Waals surface area contributed by atoms with Crippen LogP contribution in [0, 0.1) is 18.3 Å². The molecule has 2 heterocycles. The van der Waals surface area contributed by atoms with Crippen molar-refractivity contribution in [2.75, 3.05) is 11.9 Å². The van der Waals surface area contributed by atoms with E-state index in [1.807, 2.05) is 13.0 Å². The van der Waals surface area contributed by atoms with E-state index in [-0.39, 0.29) is 0 Å². The second kappa shape index (κ2) is 6.70. The lowest BCUT2D eigenvalue weighted by Gasteiger charge is -2.26. The first kappa shape index (κ1) is 17.5. The minimum Gasteiger partial charge on any atom is -0.354 e. The molecule has 134 valence electrons. The van der Waals surface area contributed by atoms with Crippen LogP contribution >= 0.6 is 11.3 Å². The van der Waals surface area contributed by atoms with Gasteiger partial charge in [-0.1, -0.05) is 37.8 Å². The fraction of sp³-hybridized carbons (Fsp3) is 0.174. The van der Waals surface area contributed by atoms with E-state index in [1.165, 1.54) is 5.56 Å². The lowest BCUT2D eigenvalue weighted by molar-refractivity contribution is 0.774. The van der Waals surface area contributed by atoms with E-state index in [9.17, 15) is 5.26 Å². The highest BCUT2D eigenvalue weighted by Gasteiger charge is 2.26. The summed E-state index contributed by atoms with van der Waals surface area (Å²) in [6.45, 7) is 8.95. The maximum absolute atomic E-state index is 9.84. The SMILES string of the molecule is C=C1Nc2c(C)cc(C#N)c(-c3ccc([C@@H](C)CN)cc3)c2-c2ccsc21. The summed E-state index contributed by atoms with van der Waals surface area (Å²) in [5.41, 5.74) is 15.0. The Morgan fingerprint density at radius 3 is 2.63 bits per heavy atom. The normalized spacial score (nSPS) is 13.3. The molecule has 0 unspecified atom stereocenters. The van der Waals surface area contributed by atoms with E-state index in [0.29, 0.717) is 18.0 Å². The summed E-state index contributed by atoms with van der Waals surface area (Å²) in [4.78, 5) is 1.13. The molecule has 1 aliphatic heterocycles. The van der Waals surface area contributed by atoms with Crippen molar-refractivity contribution in [3.05, 3.63) is 69.9 Å². The second-order valence-electron chi connectivity index (χ2n) is 7.00. The minimum absolute atomic E-state index is 0.315. The number of fused-ring (bicyclic) bond motifs is 3. The third-order valence-electron chi connectivity index (χ3n) is 5.25. The van der Waals surface area contributed by atoms with Gasteiger partial charge in [0.1, 0.15) is 0 Å². The number of nitrogens with one attached hydrogen (secondary N) is 1. The zero-order valence-corrected chi connectivity index (χ0v) is 16.3. The summed E-state index contributed by atoms with van der Waals surface area (Å²) in [7, 11) is 0. The molecule has 0 amide bonds. The predicted octanol–water partition coefficient (Wildman–Crippen LogP) is 5.72. The molecule has 1 aromatic heterocycles. The van der Waals surface area contributed by atoms with Gasteiger partial charge in [0.05, 0.1) is 22.2 Å². The Kier molecular flexibility index (Phi) is 4.35. The maximum atomic E-state index is 9.84. The largest absolute Gasteiger partial charge is 0.354 e. The lowest BCUT2D eigenvalue weighted by Crippen LogP contribution is -2.09. The zero-order valence-electron chi connectivity index (χ0n) is 15.5. The van der Waals surface area contributed by atoms with Gasteiger partial charge in [-0.05, 0) is 53.6 Å². The van der Waals surface area contributed by atoms with E-state index >= 15 is 0 Å². The van der Waals surface area contributed by atoms with Crippen molar-refractivity contribution in [3.8, 4) is 28.3 Å². The van der Waals surface area contributed by atoms with Crippen molar-refractivity contribution in [3.63, 3.8) is 0 Å². The highest BCUT2D eigenvalue weighted by atomic mass is 32.1. The van der Waals surface area contributed by atoms with Crippen LogP contribution in [0.1, 0.15) is 34.4 Å². The summed E-state index contributed by atoms with van der Waals surface area (Å²) < 4.78 is 0. The number of nitriles is 1. The van der Waals surface area contributed by atoms with Crippen LogP contribution in [0.5, 0.6) is 0 Å². The van der Waals surface area contributed by atoms with Crippen LogP contribution in [0.25, 0.3) is 28.0 Å². The van der Waals surface area contributed by atoms with Crippen LogP contribution in [0.3, 0.4) is 0 Å². The number of thiophene rings is 1. The van der Waals surface area contributed by atoms with Gasteiger partial charge in [0, 0.05) is 22.4 Å². The van der Waals surface area contributed by atoms with Crippen molar-refractivity contribution in [1.82, 2.24) is 0 Å². The average Bonchev–Trinajstić information content (AvgIpc) is 3.18. The van der Waals surface area contributed by atoms with Gasteiger partial charge in [0.25, 0.3) is 0 Å². The van der Waals surface area contributed by atoms with Gasteiger partial charge in [0.2, 0.25) is 0 Å². The summed E-state index contributed by atoms with van der Waals surface area (Å²) in [5.74, 6) is 0.315. The second-order valence-corrected chi connectivity index (χ2v) is 7.92. The first-order chi connectivity index (χ1) is 13.0. The highest BCUT2D eigenvalue weighted by molar-refractivity contribution is 7.11. The van der Waals surface area contributed by atoms with Crippen LogP contribution in [0.4, 0.5) is 5.69 Å². The monoisotopic (exact) mass is 371 g/mol. The fourth-order valence-electron chi connectivity index (χ4n) is 3.70. The molecule has 3 N–H and O–H groups in total. The number of nitrogens with two attached hydrogens (primary N) is 1. The molecule has 4 heteroatoms. The van der Waals surface area contributed by atoms with Crippen LogP contribution in [0.2, 0.25) is 0 Å². The van der Waals surface area contributed by atoms with Crippen LogP contribution in [-0.4, -0.2) is 6.54 Å². The predicted molar refractivity (Wildman–Crippen MR) is 115 cm³/mol. The van der Waals surface area contributed by atoms with Crippen molar-refractivity contribution in [2.45, 2.75) is 19.8 Å². The van der Waals surface area contributed by atoms with Gasteiger partial charge in [-0.2, -0.15) is 5.26 Å². The minimum atomic E-state index is 0.315. The molecular formula is C23H21N3S. The number of anilines is 1. The smallest absolute Gasteiger partial charge is 0.0998 e. The molecular weight excluding hydrogens is 350 g/mol. The quantitative estimate of drug-likeness (QED) is 0.619. The third kappa shape index (κ3) is 2.76. The molecule has 1 aliphatic rings. The van der Waals surface area contributed by atoms with Crippen molar-refractivity contribution in [1.29, 1.82) is 5.26 Å². The Morgan fingerprint density at radius 2 is 1.96 bits per heavy atom. The number of rotatable bonds is 3. The number of nitrogens with zero attached hydrogens (tertiary/aromatic N) is 1. The topological polar surface area (TPSA) is 61.8 Å². The Bertz CT molecular complexity index is 1080. The molecule has 1 atom stereocenters. The maximum Gasteiger partial charge on any atom is 0.0998 e. The molecule has 0 fully saturated rings. The molecule has 0 aliphatic carbocycles. The first-order valence-corrected chi connectivity index (χ1v) is 9.85. The van der Waals surface area contributed by atoms with Crippen molar-refractivity contribution < 1.29 is 0 Å². The lowest BCUT2D eigenvalue weighted by atomic mass is 9.85. The fourth-order valence-corrected chi connectivity index (χ4v) is 4.53. The molecule has 3 aromatic rings. The molecule has 4 rings (SSSR count). The van der Waals surface area contributed by atoms with E-state index in [0.717, 1.165) is 44.1 Å². The Hall–Kier alpha value is -2.87. The van der Waals surface area contributed by atoms with Gasteiger partial charge in [-0.25, -0.2) is 0 Å². The van der Waals surface area contributed by atoms with E-state index in [2.05, 4.69) is 60.6 Å². The zero-order chi connectivity index (χ0) is 19.1. The number of benzene rings is 2. The standard InChI is InChI=1S/C23H21N3S/c1-13-10-18(12-25)20(17-6-4-16(5-7-17)14(2)11-24)21-19-8-9-27-23(19)15(3)26-22(13)21/h4-10,14,26H,3,11,24H2,1-2H3/t14-/m0/s1. The number of aryl methyl sites for hydroxylation is 1. The first-order valence-electron chi connectivity index (χ1n) is 8.97. The van der Waals surface area contributed by atoms with E-state index < -0.39 is 0 Å². The Balaban J connectivity index is 1.99. The highest BCUT2D eigenvalue weighted by Crippen LogP contribution is 2.49. The van der Waals surface area contributed by atoms with Gasteiger partial charge in [-0.3, -0.25) is 0 Å². The number of hydrogen-bond donors (Lipinski definition) is 2. The Morgan fingerprint density at radius 1 is 1.22 bits per heavy atom.